The Labute approximate surface area is 189 Å². The molecule has 2 rings (SSSR count). The summed E-state index contributed by atoms with van der Waals surface area (Å²) in [5.74, 6) is 0. The molecule has 0 fully saturated rings. The van der Waals surface area contributed by atoms with Gasteiger partial charge in [0.15, 0.2) is 5.60 Å². The fourth-order valence-corrected chi connectivity index (χ4v) is 4.07. The molecule has 0 saturated heterocycles. The summed E-state index contributed by atoms with van der Waals surface area (Å²) in [6.07, 6.45) is 2.06. The number of hydrogen-bond acceptors (Lipinski definition) is 6. The molecule has 0 aromatic carbocycles. The molecule has 7 nitrogen and oxygen atoms in total. The maximum Gasteiger partial charge on any atom is 0.155 e. The largest absolute Gasteiger partial charge is 0.387 e. The van der Waals surface area contributed by atoms with Gasteiger partial charge in [0.1, 0.15) is 0 Å². The number of oxime groups is 1. The van der Waals surface area contributed by atoms with Crippen LogP contribution in [-0.2, 0) is 15.8 Å². The van der Waals surface area contributed by atoms with Gasteiger partial charge in [0.25, 0.3) is 0 Å². The van der Waals surface area contributed by atoms with Gasteiger partial charge in [-0.25, -0.2) is 4.68 Å². The first-order chi connectivity index (χ1) is 13.7. The van der Waals surface area contributed by atoms with Gasteiger partial charge in [-0.15, -0.1) is 5.10 Å². The minimum atomic E-state index is -0.569. The van der Waals surface area contributed by atoms with Gasteiger partial charge in [0, 0.05) is 28.2 Å². The minimum Gasteiger partial charge on any atom is -0.387 e. The lowest BCUT2D eigenvalue weighted by atomic mass is 9.49. The minimum absolute atomic E-state index is 0.142. The first-order valence-corrected chi connectivity index (χ1v) is 11.2. The zero-order valence-corrected chi connectivity index (χ0v) is 22.2. The summed E-state index contributed by atoms with van der Waals surface area (Å²) in [5, 5.41) is 18.6. The van der Waals surface area contributed by atoms with Gasteiger partial charge in [0.2, 0.25) is 0 Å². The number of rotatable bonds is 2. The van der Waals surface area contributed by atoms with E-state index in [1.165, 1.54) is 0 Å². The second-order valence-electron chi connectivity index (χ2n) is 12.3. The molecule has 176 valence electrons. The third kappa shape index (κ3) is 3.89. The van der Waals surface area contributed by atoms with Crippen molar-refractivity contribution in [3.8, 4) is 0 Å². The Morgan fingerprint density at radius 1 is 0.903 bits per heavy atom. The molecule has 1 aliphatic rings. The van der Waals surface area contributed by atoms with Crippen molar-refractivity contribution in [3.05, 3.63) is 11.9 Å². The fourth-order valence-electron chi connectivity index (χ4n) is 4.07. The standard InChI is InChI=1S/C24H44N6O/c1-16-20(6,7)24(14,17(2)27-31-23(12,13)22(10,11)28-25-16)21(8,9)18-15-30(29-26-18)19(3,4)5/h15,28H,1-14H3/t24-/m0/s1. The maximum atomic E-state index is 6.16. The van der Waals surface area contributed by atoms with E-state index in [0.717, 1.165) is 17.1 Å². The van der Waals surface area contributed by atoms with Gasteiger partial charge in [-0.05, 0) is 62.3 Å². The first kappa shape index (κ1) is 25.3. The van der Waals surface area contributed by atoms with Crippen molar-refractivity contribution >= 4 is 11.4 Å². The number of nitrogens with zero attached hydrogens (tertiary/aromatic N) is 5. The van der Waals surface area contributed by atoms with Crippen LogP contribution >= 0.6 is 0 Å². The Morgan fingerprint density at radius 3 is 1.94 bits per heavy atom. The second-order valence-corrected chi connectivity index (χ2v) is 12.3. The highest BCUT2D eigenvalue weighted by molar-refractivity contribution is 5.98. The van der Waals surface area contributed by atoms with E-state index in [4.69, 9.17) is 15.1 Å². The molecule has 0 unspecified atom stereocenters. The first-order valence-electron chi connectivity index (χ1n) is 11.2. The fraction of sp³-hybridized carbons (Fsp3) is 0.833. The van der Waals surface area contributed by atoms with E-state index in [1.54, 1.807) is 0 Å². The lowest BCUT2D eigenvalue weighted by molar-refractivity contribution is -0.0756. The number of hydrogen-bond donors (Lipinski definition) is 1. The number of nitrogens with one attached hydrogen (secondary N) is 1. The van der Waals surface area contributed by atoms with Crippen LogP contribution in [0, 0.1) is 10.8 Å². The zero-order chi connectivity index (χ0) is 24.3. The third-order valence-electron chi connectivity index (χ3n) is 8.37. The molecule has 0 aliphatic carbocycles. The molecule has 0 saturated carbocycles. The summed E-state index contributed by atoms with van der Waals surface area (Å²) < 4.78 is 1.93. The summed E-state index contributed by atoms with van der Waals surface area (Å²) in [4.78, 5) is 6.16. The Hall–Kier alpha value is -1.92. The molecule has 0 radical (unpaired) electrons. The van der Waals surface area contributed by atoms with Gasteiger partial charge >= 0.3 is 0 Å². The molecule has 2 heterocycles. The van der Waals surface area contributed by atoms with Crippen LogP contribution in [0.4, 0.5) is 0 Å². The molecule has 1 aliphatic heterocycles. The van der Waals surface area contributed by atoms with E-state index in [2.05, 4.69) is 105 Å². The SMILES string of the molecule is CC1=NNC(C)(C)C(C)(C)ON=C(C)[C@](C)(C(C)(C)c2cn(C(C)(C)C)nn2)C1(C)C. The Kier molecular flexibility index (Phi) is 5.97. The highest BCUT2D eigenvalue weighted by Gasteiger charge is 2.57. The van der Waals surface area contributed by atoms with Crippen molar-refractivity contribution in [1.29, 1.82) is 0 Å². The number of aromatic nitrogens is 3. The van der Waals surface area contributed by atoms with Crippen molar-refractivity contribution in [2.75, 3.05) is 0 Å². The van der Waals surface area contributed by atoms with Crippen LogP contribution < -0.4 is 5.43 Å². The van der Waals surface area contributed by atoms with Crippen LogP contribution in [0.15, 0.2) is 16.5 Å². The van der Waals surface area contributed by atoms with E-state index in [1.807, 2.05) is 18.5 Å². The van der Waals surface area contributed by atoms with Gasteiger partial charge < -0.3 is 10.3 Å². The van der Waals surface area contributed by atoms with Gasteiger partial charge in [-0.1, -0.05) is 45.0 Å². The molecular formula is C24H44N6O. The molecule has 7 heteroatoms. The van der Waals surface area contributed by atoms with E-state index in [-0.39, 0.29) is 11.0 Å². The predicted octanol–water partition coefficient (Wildman–Crippen LogP) is 5.27. The van der Waals surface area contributed by atoms with Crippen LogP contribution in [-0.4, -0.2) is 37.6 Å². The summed E-state index contributed by atoms with van der Waals surface area (Å²) in [6.45, 7) is 29.9. The molecule has 1 aromatic heterocycles. The zero-order valence-electron chi connectivity index (χ0n) is 22.2. The lowest BCUT2D eigenvalue weighted by Crippen LogP contribution is -2.60. The van der Waals surface area contributed by atoms with Gasteiger partial charge in [-0.2, -0.15) is 5.10 Å². The summed E-state index contributed by atoms with van der Waals surface area (Å²) >= 11 is 0. The molecule has 1 atom stereocenters. The van der Waals surface area contributed by atoms with Gasteiger partial charge in [-0.3, -0.25) is 0 Å². The predicted molar refractivity (Wildman–Crippen MR) is 129 cm³/mol. The van der Waals surface area contributed by atoms with Crippen LogP contribution in [0.2, 0.25) is 0 Å². The highest BCUT2D eigenvalue weighted by Crippen LogP contribution is 2.54. The van der Waals surface area contributed by atoms with E-state index in [9.17, 15) is 0 Å². The van der Waals surface area contributed by atoms with Crippen LogP contribution in [0.1, 0.15) is 103 Å². The van der Waals surface area contributed by atoms with Crippen LogP contribution in [0.3, 0.4) is 0 Å². The van der Waals surface area contributed by atoms with E-state index >= 15 is 0 Å². The number of hydrazone groups is 1. The normalized spacial score (nSPS) is 26.3. The van der Waals surface area contributed by atoms with Crippen molar-refractivity contribution in [2.45, 2.75) is 119 Å². The monoisotopic (exact) mass is 432 g/mol. The third-order valence-corrected chi connectivity index (χ3v) is 8.37. The summed E-state index contributed by atoms with van der Waals surface area (Å²) in [6, 6.07) is 0. The van der Waals surface area contributed by atoms with Crippen molar-refractivity contribution in [2.24, 2.45) is 21.1 Å². The lowest BCUT2D eigenvalue weighted by Gasteiger charge is -2.54. The second kappa shape index (κ2) is 7.31. The quantitative estimate of drug-likeness (QED) is 0.690. The molecule has 1 N–H and O–H groups in total. The molecule has 0 spiro atoms. The summed E-state index contributed by atoms with van der Waals surface area (Å²) in [7, 11) is 0. The van der Waals surface area contributed by atoms with E-state index in [0.29, 0.717) is 0 Å². The Morgan fingerprint density at radius 2 is 1.45 bits per heavy atom. The van der Waals surface area contributed by atoms with Gasteiger partial charge in [0.05, 0.1) is 22.5 Å². The smallest absolute Gasteiger partial charge is 0.155 e. The maximum absolute atomic E-state index is 6.16. The Bertz CT molecular complexity index is 882. The molecule has 31 heavy (non-hydrogen) atoms. The molecule has 0 amide bonds. The Balaban J connectivity index is 2.75. The van der Waals surface area contributed by atoms with Crippen molar-refractivity contribution in [3.63, 3.8) is 0 Å². The van der Waals surface area contributed by atoms with Crippen LogP contribution in [0.5, 0.6) is 0 Å². The van der Waals surface area contributed by atoms with Crippen LogP contribution in [0.25, 0.3) is 0 Å². The van der Waals surface area contributed by atoms with E-state index < -0.39 is 22.0 Å². The van der Waals surface area contributed by atoms with Crippen molar-refractivity contribution in [1.82, 2.24) is 20.4 Å². The molecule has 1 aromatic rings. The topological polar surface area (TPSA) is 76.7 Å². The highest BCUT2D eigenvalue weighted by atomic mass is 16.7. The molecule has 0 bridgehead atoms. The average Bonchev–Trinajstić information content (AvgIpc) is 3.13. The summed E-state index contributed by atoms with van der Waals surface area (Å²) in [5.41, 5.74) is 3.84. The average molecular weight is 433 g/mol. The van der Waals surface area contributed by atoms with Crippen molar-refractivity contribution < 1.29 is 4.84 Å². The molecular weight excluding hydrogens is 388 g/mol.